The first kappa shape index (κ1) is 17.2. The number of rotatable bonds is 4. The molecular formula is C20H25FN4O. The summed E-state index contributed by atoms with van der Waals surface area (Å²) in [7, 11) is 0. The lowest BCUT2D eigenvalue weighted by Gasteiger charge is -2.34. The third-order valence-electron chi connectivity index (χ3n) is 5.48. The molecule has 1 saturated carbocycles. The molecule has 138 valence electrons. The molecule has 4 rings (SSSR count). The molecular weight excluding hydrogens is 331 g/mol. The van der Waals surface area contributed by atoms with Gasteiger partial charge in [0.1, 0.15) is 5.82 Å². The normalized spacial score (nSPS) is 18.3. The van der Waals surface area contributed by atoms with Gasteiger partial charge in [-0.15, -0.1) is 0 Å². The Balaban J connectivity index is 1.68. The van der Waals surface area contributed by atoms with Crippen molar-refractivity contribution in [3.8, 4) is 5.69 Å². The van der Waals surface area contributed by atoms with Crippen LogP contribution in [0.4, 0.5) is 4.39 Å². The summed E-state index contributed by atoms with van der Waals surface area (Å²) >= 11 is 0. The van der Waals surface area contributed by atoms with Crippen LogP contribution in [0, 0.1) is 12.7 Å². The van der Waals surface area contributed by atoms with Gasteiger partial charge in [-0.25, -0.2) is 9.07 Å². The molecule has 2 heterocycles. The van der Waals surface area contributed by atoms with E-state index in [1.807, 2.05) is 17.9 Å². The van der Waals surface area contributed by atoms with Crippen molar-refractivity contribution in [3.05, 3.63) is 47.0 Å². The highest BCUT2D eigenvalue weighted by Gasteiger charge is 2.35. The van der Waals surface area contributed by atoms with Crippen molar-refractivity contribution < 1.29 is 9.18 Å². The maximum atomic E-state index is 13.7. The fourth-order valence-corrected chi connectivity index (χ4v) is 3.72. The molecule has 0 N–H and O–H groups in total. The summed E-state index contributed by atoms with van der Waals surface area (Å²) < 4.78 is 15.4. The van der Waals surface area contributed by atoms with Crippen LogP contribution in [0.15, 0.2) is 24.3 Å². The monoisotopic (exact) mass is 356 g/mol. The van der Waals surface area contributed by atoms with Crippen LogP contribution >= 0.6 is 0 Å². The second-order valence-electron chi connectivity index (χ2n) is 7.24. The van der Waals surface area contributed by atoms with Crippen LogP contribution in [0.5, 0.6) is 0 Å². The molecule has 0 radical (unpaired) electrons. The van der Waals surface area contributed by atoms with E-state index in [1.54, 1.807) is 10.7 Å². The number of carbonyl (C=O) groups excluding carboxylic acids is 1. The Bertz CT molecular complexity index is 819. The molecule has 2 fully saturated rings. The summed E-state index contributed by atoms with van der Waals surface area (Å²) in [5, 5.41) is 4.72. The van der Waals surface area contributed by atoms with Gasteiger partial charge in [-0.3, -0.25) is 4.79 Å². The van der Waals surface area contributed by atoms with Gasteiger partial charge in [0.25, 0.3) is 5.91 Å². The number of halogens is 1. The highest BCUT2D eigenvalue weighted by atomic mass is 19.1. The van der Waals surface area contributed by atoms with Crippen LogP contribution in [0.25, 0.3) is 5.69 Å². The third kappa shape index (κ3) is 3.14. The van der Waals surface area contributed by atoms with Crippen molar-refractivity contribution >= 4 is 5.91 Å². The molecule has 1 aliphatic heterocycles. The number of amides is 1. The van der Waals surface area contributed by atoms with Crippen LogP contribution in [0.1, 0.15) is 47.4 Å². The van der Waals surface area contributed by atoms with E-state index in [4.69, 9.17) is 5.10 Å². The Morgan fingerprint density at radius 1 is 1.23 bits per heavy atom. The number of carbonyl (C=O) groups is 1. The Morgan fingerprint density at radius 2 is 1.96 bits per heavy atom. The van der Waals surface area contributed by atoms with Crippen LogP contribution < -0.4 is 0 Å². The molecule has 1 amide bonds. The number of likely N-dealkylation sites (N-methyl/N-ethyl adjacent to an activating group) is 1. The van der Waals surface area contributed by atoms with E-state index in [2.05, 4.69) is 11.8 Å². The lowest BCUT2D eigenvalue weighted by Crippen LogP contribution is -2.48. The van der Waals surface area contributed by atoms with Crippen LogP contribution in [-0.2, 0) is 0 Å². The van der Waals surface area contributed by atoms with Gasteiger partial charge >= 0.3 is 0 Å². The highest BCUT2D eigenvalue weighted by molar-refractivity contribution is 5.97. The van der Waals surface area contributed by atoms with E-state index >= 15 is 0 Å². The summed E-state index contributed by atoms with van der Waals surface area (Å²) in [5.41, 5.74) is 3.08. The Labute approximate surface area is 153 Å². The Morgan fingerprint density at radius 3 is 2.58 bits per heavy atom. The Hall–Kier alpha value is -2.21. The van der Waals surface area contributed by atoms with Crippen LogP contribution in [0.2, 0.25) is 0 Å². The van der Waals surface area contributed by atoms with Crippen molar-refractivity contribution in [1.29, 1.82) is 0 Å². The molecule has 0 bridgehead atoms. The SMILES string of the molecule is CCN1CCN(C(=O)c2c(C3CC3)nn(-c3cccc(F)c3)c2C)CC1. The predicted molar refractivity (Wildman–Crippen MR) is 98.3 cm³/mol. The molecule has 6 heteroatoms. The summed E-state index contributed by atoms with van der Waals surface area (Å²) in [6.07, 6.45) is 2.15. The van der Waals surface area contributed by atoms with Gasteiger partial charge in [0, 0.05) is 32.1 Å². The minimum atomic E-state index is -0.297. The van der Waals surface area contributed by atoms with E-state index in [9.17, 15) is 9.18 Å². The minimum Gasteiger partial charge on any atom is -0.336 e. The zero-order chi connectivity index (χ0) is 18.3. The zero-order valence-corrected chi connectivity index (χ0v) is 15.4. The first-order valence-electron chi connectivity index (χ1n) is 9.45. The number of piperazine rings is 1. The zero-order valence-electron chi connectivity index (χ0n) is 15.4. The van der Waals surface area contributed by atoms with E-state index < -0.39 is 0 Å². The first-order valence-corrected chi connectivity index (χ1v) is 9.45. The third-order valence-corrected chi connectivity index (χ3v) is 5.48. The summed E-state index contributed by atoms with van der Waals surface area (Å²) in [5.74, 6) is 0.135. The van der Waals surface area contributed by atoms with Crippen molar-refractivity contribution in [2.24, 2.45) is 0 Å². The molecule has 1 saturated heterocycles. The molecule has 1 aromatic heterocycles. The summed E-state index contributed by atoms with van der Waals surface area (Å²) in [4.78, 5) is 17.6. The molecule has 0 unspecified atom stereocenters. The Kier molecular flexibility index (Phi) is 4.53. The molecule has 1 aromatic carbocycles. The second kappa shape index (κ2) is 6.83. The van der Waals surface area contributed by atoms with Gasteiger partial charge in [0.05, 0.1) is 22.6 Å². The molecule has 5 nitrogen and oxygen atoms in total. The first-order chi connectivity index (χ1) is 12.6. The standard InChI is InChI=1S/C20H25FN4O/c1-3-23-9-11-24(12-10-23)20(26)18-14(2)25(22-19(18)15-7-8-15)17-6-4-5-16(21)13-17/h4-6,13,15H,3,7-12H2,1-2H3. The maximum absolute atomic E-state index is 13.7. The molecule has 0 spiro atoms. The van der Waals surface area contributed by atoms with E-state index in [-0.39, 0.29) is 11.7 Å². The minimum absolute atomic E-state index is 0.0720. The maximum Gasteiger partial charge on any atom is 0.257 e. The lowest BCUT2D eigenvalue weighted by atomic mass is 10.1. The van der Waals surface area contributed by atoms with Gasteiger partial charge < -0.3 is 9.80 Å². The summed E-state index contributed by atoms with van der Waals surface area (Å²) in [6.45, 7) is 8.42. The molecule has 26 heavy (non-hydrogen) atoms. The quantitative estimate of drug-likeness (QED) is 0.846. The van der Waals surface area contributed by atoms with Gasteiger partial charge in [0.15, 0.2) is 0 Å². The van der Waals surface area contributed by atoms with Gasteiger partial charge in [0.2, 0.25) is 0 Å². The van der Waals surface area contributed by atoms with Gasteiger partial charge in [-0.2, -0.15) is 5.10 Å². The van der Waals surface area contributed by atoms with E-state index in [0.717, 1.165) is 62.5 Å². The van der Waals surface area contributed by atoms with Crippen molar-refractivity contribution in [3.63, 3.8) is 0 Å². The summed E-state index contributed by atoms with van der Waals surface area (Å²) in [6, 6.07) is 6.39. The number of hydrogen-bond acceptors (Lipinski definition) is 3. The topological polar surface area (TPSA) is 41.4 Å². The molecule has 2 aliphatic rings. The van der Waals surface area contributed by atoms with Gasteiger partial charge in [-0.05, 0) is 44.5 Å². The largest absolute Gasteiger partial charge is 0.336 e. The second-order valence-corrected chi connectivity index (χ2v) is 7.24. The molecule has 0 atom stereocenters. The average Bonchev–Trinajstić information content (AvgIpc) is 3.44. The average molecular weight is 356 g/mol. The van der Waals surface area contributed by atoms with Crippen molar-refractivity contribution in [2.45, 2.75) is 32.6 Å². The van der Waals surface area contributed by atoms with Crippen LogP contribution in [-0.4, -0.2) is 58.2 Å². The fraction of sp³-hybridized carbons (Fsp3) is 0.500. The highest BCUT2D eigenvalue weighted by Crippen LogP contribution is 2.42. The predicted octanol–water partition coefficient (Wildman–Crippen LogP) is 2.97. The molecule has 2 aromatic rings. The number of hydrogen-bond donors (Lipinski definition) is 0. The van der Waals surface area contributed by atoms with E-state index in [1.165, 1.54) is 12.1 Å². The van der Waals surface area contributed by atoms with Gasteiger partial charge in [-0.1, -0.05) is 13.0 Å². The van der Waals surface area contributed by atoms with Crippen molar-refractivity contribution in [2.75, 3.05) is 32.7 Å². The number of aromatic nitrogens is 2. The van der Waals surface area contributed by atoms with E-state index in [0.29, 0.717) is 11.6 Å². The van der Waals surface area contributed by atoms with Crippen molar-refractivity contribution in [1.82, 2.24) is 19.6 Å². The lowest BCUT2D eigenvalue weighted by molar-refractivity contribution is 0.0641. The molecule has 1 aliphatic carbocycles. The van der Waals surface area contributed by atoms with Crippen LogP contribution in [0.3, 0.4) is 0 Å². The smallest absolute Gasteiger partial charge is 0.257 e. The fourth-order valence-electron chi connectivity index (χ4n) is 3.72. The number of benzene rings is 1. The number of nitrogens with zero attached hydrogens (tertiary/aromatic N) is 4.